The van der Waals surface area contributed by atoms with E-state index in [0.29, 0.717) is 18.9 Å². The van der Waals surface area contributed by atoms with Crippen LogP contribution in [0.2, 0.25) is 0 Å². The van der Waals surface area contributed by atoms with Crippen molar-refractivity contribution in [3.63, 3.8) is 0 Å². The molecule has 2 aromatic carbocycles. The zero-order valence-electron chi connectivity index (χ0n) is 16.5. The van der Waals surface area contributed by atoms with E-state index in [0.717, 1.165) is 29.1 Å². The van der Waals surface area contributed by atoms with Gasteiger partial charge in [-0.1, -0.05) is 42.5 Å². The topological polar surface area (TPSA) is 54.3 Å². The van der Waals surface area contributed by atoms with Crippen LogP contribution in [0.15, 0.2) is 54.6 Å². The molecule has 1 amide bonds. The first-order chi connectivity index (χ1) is 13.5. The summed E-state index contributed by atoms with van der Waals surface area (Å²) in [7, 11) is 4.05. The Bertz CT molecular complexity index is 980. The summed E-state index contributed by atoms with van der Waals surface area (Å²) in [5, 5.41) is 4.65. The predicted molar refractivity (Wildman–Crippen MR) is 109 cm³/mol. The first kappa shape index (κ1) is 18.4. The molecular weight excluding hydrogens is 350 g/mol. The quantitative estimate of drug-likeness (QED) is 0.703. The van der Waals surface area contributed by atoms with Gasteiger partial charge in [0.2, 0.25) is 0 Å². The molecule has 6 heteroatoms. The number of amides is 1. The number of carbonyl (C=O) groups is 1. The minimum Gasteiger partial charge on any atom is -0.327 e. The zero-order chi connectivity index (χ0) is 19.7. The molecule has 144 valence electrons. The van der Waals surface area contributed by atoms with Crippen LogP contribution < -0.4 is 0 Å². The highest BCUT2D eigenvalue weighted by molar-refractivity contribution is 5.94. The number of hydrogen-bond acceptors (Lipinski definition) is 4. The van der Waals surface area contributed by atoms with Gasteiger partial charge >= 0.3 is 0 Å². The molecule has 1 aliphatic heterocycles. The number of aromatic nitrogens is 3. The molecule has 0 radical (unpaired) electrons. The largest absolute Gasteiger partial charge is 0.327 e. The van der Waals surface area contributed by atoms with E-state index in [-0.39, 0.29) is 11.9 Å². The molecule has 0 saturated heterocycles. The highest BCUT2D eigenvalue weighted by Crippen LogP contribution is 2.27. The molecule has 1 aromatic heterocycles. The highest BCUT2D eigenvalue weighted by Gasteiger charge is 2.31. The fourth-order valence-electron chi connectivity index (χ4n) is 3.68. The van der Waals surface area contributed by atoms with Gasteiger partial charge < -0.3 is 9.80 Å². The average Bonchev–Trinajstić information content (AvgIpc) is 3.14. The van der Waals surface area contributed by atoms with E-state index in [2.05, 4.69) is 16.1 Å². The van der Waals surface area contributed by atoms with E-state index in [1.165, 1.54) is 0 Å². The van der Waals surface area contributed by atoms with E-state index < -0.39 is 0 Å². The smallest absolute Gasteiger partial charge is 0.254 e. The summed E-state index contributed by atoms with van der Waals surface area (Å²) < 4.78 is 1.93. The maximum absolute atomic E-state index is 13.2. The van der Waals surface area contributed by atoms with Crippen molar-refractivity contribution in [2.75, 3.05) is 20.6 Å². The molecule has 0 spiro atoms. The molecule has 0 aliphatic carbocycles. The first-order valence-electron chi connectivity index (χ1n) is 9.58. The summed E-state index contributed by atoms with van der Waals surface area (Å²) >= 11 is 0. The van der Waals surface area contributed by atoms with Crippen molar-refractivity contribution < 1.29 is 4.79 Å². The van der Waals surface area contributed by atoms with Gasteiger partial charge in [-0.05, 0) is 38.7 Å². The van der Waals surface area contributed by atoms with Gasteiger partial charge in [-0.3, -0.25) is 4.79 Å². The molecule has 4 rings (SSSR count). The van der Waals surface area contributed by atoms with Gasteiger partial charge in [0.15, 0.2) is 5.82 Å². The fourth-order valence-corrected chi connectivity index (χ4v) is 3.68. The molecule has 1 atom stereocenters. The Morgan fingerprint density at radius 1 is 1.11 bits per heavy atom. The molecule has 0 fully saturated rings. The third-order valence-corrected chi connectivity index (χ3v) is 5.06. The molecule has 3 aromatic rings. The van der Waals surface area contributed by atoms with Gasteiger partial charge in [0, 0.05) is 24.2 Å². The molecular formula is C22H25N5O. The number of fused-ring (bicyclic) bond motifs is 1. The standard InChI is InChI=1S/C22H25N5O/c1-16-21-23-20(18-9-5-4-6-10-18)24-27(21)13-12-26(16)22(28)19-11-7-8-17(14-19)15-25(2)3/h4-11,14,16H,12-13,15H2,1-3H3/t16-/m0/s1. The number of carbonyl (C=O) groups excluding carboxylic acids is 1. The molecule has 6 nitrogen and oxygen atoms in total. The molecule has 1 aliphatic rings. The summed E-state index contributed by atoms with van der Waals surface area (Å²) in [6, 6.07) is 17.7. The van der Waals surface area contributed by atoms with Crippen molar-refractivity contribution in [3.05, 3.63) is 71.5 Å². The third kappa shape index (κ3) is 3.55. The van der Waals surface area contributed by atoms with Crippen molar-refractivity contribution in [1.82, 2.24) is 24.6 Å². The summed E-state index contributed by atoms with van der Waals surface area (Å²) in [5.41, 5.74) is 2.85. The minimum atomic E-state index is -0.122. The second-order valence-electron chi connectivity index (χ2n) is 7.50. The van der Waals surface area contributed by atoms with E-state index in [1.807, 2.05) is 79.1 Å². The zero-order valence-corrected chi connectivity index (χ0v) is 16.5. The Labute approximate surface area is 165 Å². The maximum atomic E-state index is 13.2. The van der Waals surface area contributed by atoms with E-state index >= 15 is 0 Å². The van der Waals surface area contributed by atoms with Crippen LogP contribution in [0.25, 0.3) is 11.4 Å². The Morgan fingerprint density at radius 3 is 2.64 bits per heavy atom. The molecule has 0 unspecified atom stereocenters. The summed E-state index contributed by atoms with van der Waals surface area (Å²) in [4.78, 5) is 21.9. The van der Waals surface area contributed by atoms with E-state index in [1.54, 1.807) is 0 Å². The normalized spacial score (nSPS) is 16.3. The first-order valence-corrected chi connectivity index (χ1v) is 9.58. The molecule has 2 heterocycles. The van der Waals surface area contributed by atoms with Crippen molar-refractivity contribution in [2.45, 2.75) is 26.1 Å². The molecule has 0 saturated carbocycles. The van der Waals surface area contributed by atoms with Crippen molar-refractivity contribution in [3.8, 4) is 11.4 Å². The summed E-state index contributed by atoms with van der Waals surface area (Å²) in [6.07, 6.45) is 0. The number of nitrogens with zero attached hydrogens (tertiary/aromatic N) is 5. The SMILES string of the molecule is C[C@H]1c2nc(-c3ccccc3)nn2CCN1C(=O)c1cccc(CN(C)C)c1. The Hall–Kier alpha value is -2.99. The van der Waals surface area contributed by atoms with Crippen LogP contribution in [0.5, 0.6) is 0 Å². The average molecular weight is 375 g/mol. The second kappa shape index (κ2) is 7.56. The lowest BCUT2D eigenvalue weighted by Gasteiger charge is -2.33. The third-order valence-electron chi connectivity index (χ3n) is 5.06. The van der Waals surface area contributed by atoms with E-state index in [4.69, 9.17) is 4.98 Å². The van der Waals surface area contributed by atoms with Crippen LogP contribution in [0, 0.1) is 0 Å². The number of rotatable bonds is 4. The maximum Gasteiger partial charge on any atom is 0.254 e. The van der Waals surface area contributed by atoms with Gasteiger partial charge in [-0.2, -0.15) is 5.10 Å². The van der Waals surface area contributed by atoms with Crippen LogP contribution in [0.1, 0.15) is 34.7 Å². The Balaban J connectivity index is 1.58. The van der Waals surface area contributed by atoms with Crippen LogP contribution in [-0.4, -0.2) is 51.1 Å². The van der Waals surface area contributed by atoms with Crippen LogP contribution >= 0.6 is 0 Å². The lowest BCUT2D eigenvalue weighted by atomic mass is 10.1. The lowest BCUT2D eigenvalue weighted by Crippen LogP contribution is -2.41. The van der Waals surface area contributed by atoms with Gasteiger partial charge in [0.1, 0.15) is 5.82 Å². The molecule has 28 heavy (non-hydrogen) atoms. The molecule has 0 bridgehead atoms. The fraction of sp³-hybridized carbons (Fsp3) is 0.318. The van der Waals surface area contributed by atoms with Crippen molar-refractivity contribution >= 4 is 5.91 Å². The number of benzene rings is 2. The number of hydrogen-bond donors (Lipinski definition) is 0. The van der Waals surface area contributed by atoms with Gasteiger partial charge in [0.25, 0.3) is 5.91 Å². The van der Waals surface area contributed by atoms with Crippen molar-refractivity contribution in [2.24, 2.45) is 0 Å². The van der Waals surface area contributed by atoms with Crippen LogP contribution in [0.4, 0.5) is 0 Å². The van der Waals surface area contributed by atoms with E-state index in [9.17, 15) is 4.79 Å². The Kier molecular flexibility index (Phi) is 4.96. The summed E-state index contributed by atoms with van der Waals surface area (Å²) in [5.74, 6) is 1.59. The van der Waals surface area contributed by atoms with Crippen molar-refractivity contribution in [1.29, 1.82) is 0 Å². The van der Waals surface area contributed by atoms with Gasteiger partial charge in [0.05, 0.1) is 12.6 Å². The molecule has 0 N–H and O–H groups in total. The minimum absolute atomic E-state index is 0.0450. The van der Waals surface area contributed by atoms with Gasteiger partial charge in [-0.15, -0.1) is 0 Å². The lowest BCUT2D eigenvalue weighted by molar-refractivity contribution is 0.0630. The Morgan fingerprint density at radius 2 is 1.89 bits per heavy atom. The summed E-state index contributed by atoms with van der Waals surface area (Å²) in [6.45, 7) is 4.12. The monoisotopic (exact) mass is 375 g/mol. The van der Waals surface area contributed by atoms with Gasteiger partial charge in [-0.25, -0.2) is 9.67 Å². The predicted octanol–water partition coefficient (Wildman–Crippen LogP) is 3.22. The van der Waals surface area contributed by atoms with Crippen LogP contribution in [-0.2, 0) is 13.1 Å². The highest BCUT2D eigenvalue weighted by atomic mass is 16.2. The van der Waals surface area contributed by atoms with Crippen LogP contribution in [0.3, 0.4) is 0 Å². The second-order valence-corrected chi connectivity index (χ2v) is 7.50.